The summed E-state index contributed by atoms with van der Waals surface area (Å²) in [6.45, 7) is 2.41. The second-order valence-corrected chi connectivity index (χ2v) is 8.18. The smallest absolute Gasteiger partial charge is 0.319 e. The lowest BCUT2D eigenvalue weighted by Gasteiger charge is -2.11. The Morgan fingerprint density at radius 1 is 0.912 bits per heavy atom. The van der Waals surface area contributed by atoms with E-state index in [-0.39, 0.29) is 12.5 Å². The zero-order valence-electron chi connectivity index (χ0n) is 19.0. The van der Waals surface area contributed by atoms with Crippen LogP contribution in [0, 0.1) is 6.92 Å². The fraction of sp³-hybridized carbons (Fsp3) is 0.222. The fourth-order valence-corrected chi connectivity index (χ4v) is 3.70. The predicted molar refractivity (Wildman–Crippen MR) is 133 cm³/mol. The molecule has 0 aliphatic heterocycles. The van der Waals surface area contributed by atoms with E-state index in [1.807, 2.05) is 61.5 Å². The number of nitrogens with one attached hydrogen (secondary N) is 2. The molecule has 0 aliphatic rings. The number of rotatable bonds is 9. The quantitative estimate of drug-likeness (QED) is 0.258. The van der Waals surface area contributed by atoms with Crippen LogP contribution < -0.4 is 10.6 Å². The number of amides is 2. The van der Waals surface area contributed by atoms with Gasteiger partial charge in [-0.2, -0.15) is 0 Å². The van der Waals surface area contributed by atoms with Crippen LogP contribution in [0.5, 0.6) is 0 Å². The van der Waals surface area contributed by atoms with Gasteiger partial charge >= 0.3 is 12.0 Å². The minimum atomic E-state index is -0.795. The van der Waals surface area contributed by atoms with Crippen molar-refractivity contribution < 1.29 is 19.1 Å². The van der Waals surface area contributed by atoms with Crippen molar-refractivity contribution >= 4 is 28.8 Å². The number of hydrogen-bond acceptors (Lipinski definition) is 4. The lowest BCUT2D eigenvalue weighted by Crippen LogP contribution is -2.29. The van der Waals surface area contributed by atoms with Gasteiger partial charge < -0.3 is 20.2 Å². The van der Waals surface area contributed by atoms with Crippen LogP contribution in [0.4, 0.5) is 10.5 Å². The molecule has 0 fully saturated rings. The highest BCUT2D eigenvalue weighted by Crippen LogP contribution is 2.30. The van der Waals surface area contributed by atoms with E-state index < -0.39 is 5.97 Å². The van der Waals surface area contributed by atoms with E-state index >= 15 is 0 Å². The summed E-state index contributed by atoms with van der Waals surface area (Å²) in [6, 6.07) is 21.4. The van der Waals surface area contributed by atoms with Crippen LogP contribution in [-0.2, 0) is 4.79 Å². The summed E-state index contributed by atoms with van der Waals surface area (Å²) in [4.78, 5) is 27.5. The summed E-state index contributed by atoms with van der Waals surface area (Å²) in [5.74, 6) is -0.307. The second-order valence-electron chi connectivity index (χ2n) is 8.18. The van der Waals surface area contributed by atoms with E-state index in [1.165, 1.54) is 0 Å². The molecule has 7 heteroatoms. The molecule has 1 aromatic heterocycles. The van der Waals surface area contributed by atoms with Gasteiger partial charge in [-0.1, -0.05) is 48.9 Å². The van der Waals surface area contributed by atoms with Gasteiger partial charge in [0.25, 0.3) is 0 Å². The van der Waals surface area contributed by atoms with Crippen molar-refractivity contribution in [2.45, 2.75) is 32.6 Å². The normalized spacial score (nSPS) is 10.9. The van der Waals surface area contributed by atoms with Crippen molar-refractivity contribution in [3.63, 3.8) is 0 Å². The summed E-state index contributed by atoms with van der Waals surface area (Å²) in [6.07, 6.45) is 2.25. The Balaban J connectivity index is 1.43. The number of benzene rings is 3. The van der Waals surface area contributed by atoms with E-state index in [9.17, 15) is 9.59 Å². The minimum Gasteiger partial charge on any atom is -0.481 e. The number of carbonyl (C=O) groups excluding carboxylic acids is 1. The largest absolute Gasteiger partial charge is 0.481 e. The van der Waals surface area contributed by atoms with Crippen molar-refractivity contribution in [3.8, 4) is 22.6 Å². The number of carbonyl (C=O) groups is 2. The van der Waals surface area contributed by atoms with Crippen molar-refractivity contribution in [1.29, 1.82) is 0 Å². The molecule has 0 atom stereocenters. The average molecular weight is 458 g/mol. The first-order valence-electron chi connectivity index (χ1n) is 11.3. The maximum atomic E-state index is 12.3. The molecule has 4 aromatic rings. The van der Waals surface area contributed by atoms with Gasteiger partial charge in [-0.05, 0) is 60.7 Å². The Labute approximate surface area is 197 Å². The summed E-state index contributed by atoms with van der Waals surface area (Å²) in [7, 11) is 0. The molecule has 0 saturated heterocycles. The Morgan fingerprint density at radius 2 is 1.71 bits per heavy atom. The number of nitrogens with zero attached hydrogens (tertiary/aromatic N) is 1. The molecule has 0 aliphatic carbocycles. The molecular formula is C27H27N3O4. The molecule has 1 heterocycles. The van der Waals surface area contributed by atoms with Crippen LogP contribution in [0.1, 0.15) is 31.2 Å². The molecule has 0 unspecified atom stereocenters. The van der Waals surface area contributed by atoms with Crippen molar-refractivity contribution in [2.75, 3.05) is 11.9 Å². The molecule has 3 aromatic carbocycles. The van der Waals surface area contributed by atoms with Crippen LogP contribution in [0.3, 0.4) is 0 Å². The molecule has 2 amide bonds. The number of anilines is 1. The van der Waals surface area contributed by atoms with Gasteiger partial charge in [-0.15, -0.1) is 0 Å². The van der Waals surface area contributed by atoms with E-state index in [4.69, 9.17) is 9.52 Å². The Bertz CT molecular complexity index is 1300. The number of urea groups is 1. The van der Waals surface area contributed by atoms with Crippen molar-refractivity contribution in [1.82, 2.24) is 10.3 Å². The number of oxazole rings is 1. The first-order valence-corrected chi connectivity index (χ1v) is 11.3. The molecule has 0 bridgehead atoms. The fourth-order valence-electron chi connectivity index (χ4n) is 3.70. The third-order valence-electron chi connectivity index (χ3n) is 5.58. The predicted octanol–water partition coefficient (Wildman–Crippen LogP) is 6.24. The molecule has 0 saturated carbocycles. The topological polar surface area (TPSA) is 104 Å². The number of aromatic nitrogens is 1. The third-order valence-corrected chi connectivity index (χ3v) is 5.58. The molecule has 3 N–H and O–H groups in total. The average Bonchev–Trinajstić information content (AvgIpc) is 3.26. The molecular weight excluding hydrogens is 430 g/mol. The Hall–Kier alpha value is -4.13. The van der Waals surface area contributed by atoms with Crippen LogP contribution in [-0.4, -0.2) is 28.6 Å². The molecule has 4 rings (SSSR count). The Kier molecular flexibility index (Phi) is 7.22. The van der Waals surface area contributed by atoms with Crippen LogP contribution in [0.2, 0.25) is 0 Å². The van der Waals surface area contributed by atoms with Crippen LogP contribution in [0.25, 0.3) is 33.7 Å². The summed E-state index contributed by atoms with van der Waals surface area (Å²) in [5.41, 5.74) is 6.02. The maximum absolute atomic E-state index is 12.3. The van der Waals surface area contributed by atoms with Gasteiger partial charge in [0.1, 0.15) is 5.52 Å². The lowest BCUT2D eigenvalue weighted by atomic mass is 10.1. The van der Waals surface area contributed by atoms with Crippen molar-refractivity contribution in [3.05, 3.63) is 72.3 Å². The molecule has 34 heavy (non-hydrogen) atoms. The molecule has 0 radical (unpaired) electrons. The molecule has 7 nitrogen and oxygen atoms in total. The molecule has 0 spiro atoms. The van der Waals surface area contributed by atoms with Gasteiger partial charge in [-0.3, -0.25) is 4.79 Å². The van der Waals surface area contributed by atoms with Gasteiger partial charge in [-0.25, -0.2) is 9.78 Å². The zero-order valence-corrected chi connectivity index (χ0v) is 19.0. The number of carboxylic acids is 1. The summed E-state index contributed by atoms with van der Waals surface area (Å²) >= 11 is 0. The third kappa shape index (κ3) is 5.81. The zero-order chi connectivity index (χ0) is 23.9. The first-order chi connectivity index (χ1) is 16.5. The number of aryl methyl sites for hydroxylation is 1. The summed E-state index contributed by atoms with van der Waals surface area (Å²) < 4.78 is 5.98. The highest BCUT2D eigenvalue weighted by molar-refractivity contribution is 5.91. The lowest BCUT2D eigenvalue weighted by molar-refractivity contribution is -0.137. The van der Waals surface area contributed by atoms with E-state index in [0.29, 0.717) is 30.1 Å². The van der Waals surface area contributed by atoms with E-state index in [0.717, 1.165) is 40.6 Å². The van der Waals surface area contributed by atoms with Crippen molar-refractivity contribution in [2.24, 2.45) is 0 Å². The summed E-state index contributed by atoms with van der Waals surface area (Å²) in [5, 5.41) is 14.4. The van der Waals surface area contributed by atoms with Gasteiger partial charge in [0.15, 0.2) is 5.58 Å². The van der Waals surface area contributed by atoms with E-state index in [1.54, 1.807) is 0 Å². The second kappa shape index (κ2) is 10.7. The highest BCUT2D eigenvalue weighted by atomic mass is 16.4. The monoisotopic (exact) mass is 457 g/mol. The maximum Gasteiger partial charge on any atom is 0.319 e. The number of carboxylic acid groups (broad SMARTS) is 1. The first kappa shape index (κ1) is 23.0. The van der Waals surface area contributed by atoms with Crippen LogP contribution >= 0.6 is 0 Å². The number of unbranched alkanes of at least 4 members (excludes halogenated alkanes) is 2. The SMILES string of the molecule is Cc1ccc(-c2nc3cc(-c4ccccc4)ccc3o2)cc1NC(=O)NCCCCCC(=O)O. The number of aliphatic carboxylic acids is 1. The standard InChI is InChI=1S/C27H27N3O4/c1-18-11-12-21(17-22(18)30-27(33)28-15-7-3-6-10-25(31)32)26-29-23-16-20(13-14-24(23)34-26)19-8-4-2-5-9-19/h2,4-5,8-9,11-14,16-17H,3,6-7,10,15H2,1H3,(H,31,32)(H2,28,30,33). The van der Waals surface area contributed by atoms with Crippen LogP contribution in [0.15, 0.2) is 71.1 Å². The number of hydrogen-bond donors (Lipinski definition) is 3. The Morgan fingerprint density at radius 3 is 2.50 bits per heavy atom. The minimum absolute atomic E-state index is 0.154. The van der Waals surface area contributed by atoms with Gasteiger partial charge in [0.2, 0.25) is 5.89 Å². The number of fused-ring (bicyclic) bond motifs is 1. The highest BCUT2D eigenvalue weighted by Gasteiger charge is 2.12. The molecule has 174 valence electrons. The van der Waals surface area contributed by atoms with Gasteiger partial charge in [0.05, 0.1) is 0 Å². The van der Waals surface area contributed by atoms with E-state index in [2.05, 4.69) is 27.8 Å². The van der Waals surface area contributed by atoms with Gasteiger partial charge in [0, 0.05) is 24.2 Å².